The van der Waals surface area contributed by atoms with E-state index in [2.05, 4.69) is 0 Å². The third-order valence-corrected chi connectivity index (χ3v) is 7.37. The summed E-state index contributed by atoms with van der Waals surface area (Å²) in [6.45, 7) is 0.850. The van der Waals surface area contributed by atoms with Gasteiger partial charge in [-0.2, -0.15) is 4.31 Å². The van der Waals surface area contributed by atoms with E-state index in [0.717, 1.165) is 15.9 Å². The normalized spacial score (nSPS) is 15.7. The lowest BCUT2D eigenvalue weighted by Crippen LogP contribution is -2.42. The number of carbonyl (C=O) groups excluding carboxylic acids is 1. The first-order valence-corrected chi connectivity index (χ1v) is 12.5. The molecule has 3 aromatic carbocycles. The minimum Gasteiger partial charge on any atom is -0.491 e. The molecule has 1 heterocycles. The predicted octanol–water partition coefficient (Wildman–Crippen LogP) is 3.98. The molecule has 1 aliphatic rings. The predicted molar refractivity (Wildman–Crippen MR) is 128 cm³/mol. The van der Waals surface area contributed by atoms with Crippen molar-refractivity contribution in [3.63, 3.8) is 0 Å². The van der Waals surface area contributed by atoms with Crippen LogP contribution in [0.3, 0.4) is 0 Å². The van der Waals surface area contributed by atoms with Gasteiger partial charge in [0.2, 0.25) is 10.0 Å². The summed E-state index contributed by atoms with van der Waals surface area (Å²) < 4.78 is 63.9. The Labute approximate surface area is 208 Å². The highest BCUT2D eigenvalue weighted by molar-refractivity contribution is 7.89. The summed E-state index contributed by atoms with van der Waals surface area (Å²) in [6, 6.07) is 16.9. The Morgan fingerprint density at radius 3 is 2.47 bits per heavy atom. The number of methoxy groups -OCH3 is 1. The molecule has 1 aliphatic heterocycles. The number of sulfonamides is 1. The Kier molecular flexibility index (Phi) is 7.73. The van der Waals surface area contributed by atoms with E-state index in [0.29, 0.717) is 36.7 Å². The Hall–Kier alpha value is -3.67. The number of hydrogen-bond donors (Lipinski definition) is 1. The minimum atomic E-state index is -4.25. The van der Waals surface area contributed by atoms with Crippen molar-refractivity contribution >= 4 is 16.1 Å². The van der Waals surface area contributed by atoms with Crippen LogP contribution in [0.1, 0.15) is 17.4 Å². The SMILES string of the molecule is COCCOc1ccc(Oc2ccc(S(=O)(=O)N3CCc4ccccc4[C@H]3OC(N)=O)cc2F)cc1. The molecule has 0 aliphatic carbocycles. The van der Waals surface area contributed by atoms with Crippen LogP contribution in [0.25, 0.3) is 0 Å². The van der Waals surface area contributed by atoms with E-state index in [1.165, 1.54) is 12.1 Å². The number of benzene rings is 3. The molecule has 4 rings (SSSR count). The molecule has 9 nitrogen and oxygen atoms in total. The lowest BCUT2D eigenvalue weighted by molar-refractivity contribution is 0.0294. The van der Waals surface area contributed by atoms with E-state index in [4.69, 9.17) is 24.7 Å². The molecule has 190 valence electrons. The van der Waals surface area contributed by atoms with Crippen LogP contribution in [0.4, 0.5) is 9.18 Å². The second-order valence-corrected chi connectivity index (χ2v) is 9.75. The molecule has 0 saturated heterocycles. The van der Waals surface area contributed by atoms with E-state index in [9.17, 15) is 17.6 Å². The molecule has 11 heteroatoms. The summed E-state index contributed by atoms with van der Waals surface area (Å²) in [4.78, 5) is 11.2. The molecule has 1 amide bonds. The van der Waals surface area contributed by atoms with Gasteiger partial charge in [-0.3, -0.25) is 0 Å². The van der Waals surface area contributed by atoms with E-state index < -0.39 is 28.2 Å². The van der Waals surface area contributed by atoms with Gasteiger partial charge in [0, 0.05) is 19.2 Å². The van der Waals surface area contributed by atoms with E-state index in [-0.39, 0.29) is 17.2 Å². The lowest BCUT2D eigenvalue weighted by Gasteiger charge is -2.35. The molecule has 3 aromatic rings. The fourth-order valence-electron chi connectivity index (χ4n) is 3.82. The van der Waals surface area contributed by atoms with Crippen molar-refractivity contribution in [2.45, 2.75) is 17.5 Å². The van der Waals surface area contributed by atoms with Crippen molar-refractivity contribution in [2.24, 2.45) is 5.73 Å². The van der Waals surface area contributed by atoms with Gasteiger partial charge in [-0.15, -0.1) is 0 Å². The summed E-state index contributed by atoms with van der Waals surface area (Å²) in [7, 11) is -2.68. The molecular formula is C25H25FN2O7S. The fourth-order valence-corrected chi connectivity index (χ4v) is 5.32. The average Bonchev–Trinajstić information content (AvgIpc) is 2.86. The van der Waals surface area contributed by atoms with Gasteiger partial charge in [0.05, 0.1) is 11.5 Å². The summed E-state index contributed by atoms with van der Waals surface area (Å²) in [5.41, 5.74) is 6.54. The number of nitrogens with two attached hydrogens (primary N) is 1. The number of nitrogens with zero attached hydrogens (tertiary/aromatic N) is 1. The molecule has 1 atom stereocenters. The van der Waals surface area contributed by atoms with Gasteiger partial charge in [-0.05, 0) is 54.4 Å². The van der Waals surface area contributed by atoms with Gasteiger partial charge in [0.1, 0.15) is 18.1 Å². The first-order valence-electron chi connectivity index (χ1n) is 11.0. The molecule has 0 spiro atoms. The van der Waals surface area contributed by atoms with Crippen molar-refractivity contribution < 1.29 is 36.6 Å². The van der Waals surface area contributed by atoms with Crippen molar-refractivity contribution in [1.29, 1.82) is 0 Å². The molecule has 2 N–H and O–H groups in total. The fraction of sp³-hybridized carbons (Fsp3) is 0.240. The Balaban J connectivity index is 1.54. The van der Waals surface area contributed by atoms with Gasteiger partial charge >= 0.3 is 6.09 Å². The van der Waals surface area contributed by atoms with Crippen LogP contribution >= 0.6 is 0 Å². The van der Waals surface area contributed by atoms with Crippen molar-refractivity contribution in [3.8, 4) is 17.2 Å². The second-order valence-electron chi connectivity index (χ2n) is 7.86. The molecular weight excluding hydrogens is 491 g/mol. The van der Waals surface area contributed by atoms with Crippen LogP contribution in [-0.2, 0) is 25.9 Å². The van der Waals surface area contributed by atoms with E-state index in [1.807, 2.05) is 6.07 Å². The van der Waals surface area contributed by atoms with Crippen molar-refractivity contribution in [2.75, 3.05) is 26.9 Å². The molecule has 0 unspecified atom stereocenters. The van der Waals surface area contributed by atoms with E-state index in [1.54, 1.807) is 49.6 Å². The largest absolute Gasteiger partial charge is 0.491 e. The Morgan fingerprint density at radius 1 is 1.06 bits per heavy atom. The number of hydrogen-bond acceptors (Lipinski definition) is 7. The monoisotopic (exact) mass is 516 g/mol. The quantitative estimate of drug-likeness (QED) is 0.428. The Bertz CT molecular complexity index is 1330. The van der Waals surface area contributed by atoms with Gasteiger partial charge in [-0.25, -0.2) is 17.6 Å². The molecule has 36 heavy (non-hydrogen) atoms. The number of primary amides is 1. The lowest BCUT2D eigenvalue weighted by atomic mass is 10.00. The van der Waals surface area contributed by atoms with Gasteiger partial charge in [-0.1, -0.05) is 24.3 Å². The second kappa shape index (κ2) is 10.9. The average molecular weight is 517 g/mol. The number of rotatable bonds is 9. The summed E-state index contributed by atoms with van der Waals surface area (Å²) in [5.74, 6) is -0.0967. The highest BCUT2D eigenvalue weighted by Crippen LogP contribution is 2.36. The molecule has 0 bridgehead atoms. The maximum Gasteiger partial charge on any atom is 0.406 e. The zero-order valence-electron chi connectivity index (χ0n) is 19.4. The maximum absolute atomic E-state index is 14.9. The number of amides is 1. The van der Waals surface area contributed by atoms with Crippen LogP contribution in [-0.4, -0.2) is 45.7 Å². The molecule has 0 radical (unpaired) electrons. The first-order chi connectivity index (χ1) is 17.3. The third-order valence-electron chi connectivity index (χ3n) is 5.53. The number of halogens is 1. The number of fused-ring (bicyclic) bond motifs is 1. The van der Waals surface area contributed by atoms with E-state index >= 15 is 0 Å². The summed E-state index contributed by atoms with van der Waals surface area (Å²) >= 11 is 0. The van der Waals surface area contributed by atoms with Crippen LogP contribution < -0.4 is 15.2 Å². The van der Waals surface area contributed by atoms with Gasteiger partial charge in [0.15, 0.2) is 17.8 Å². The van der Waals surface area contributed by atoms with Gasteiger partial charge in [0.25, 0.3) is 0 Å². The topological polar surface area (TPSA) is 117 Å². The standard InChI is InChI=1S/C25H25FN2O7S/c1-32-14-15-33-18-6-8-19(9-7-18)34-23-11-10-20(16-22(23)26)36(30,31)28-13-12-17-4-2-3-5-21(17)24(28)35-25(27)29/h2-11,16,24H,12-15H2,1H3,(H2,27,29)/t24-/m1/s1. The van der Waals surface area contributed by atoms with Crippen LogP contribution in [0.2, 0.25) is 0 Å². The van der Waals surface area contributed by atoms with Crippen LogP contribution in [0, 0.1) is 5.82 Å². The van der Waals surface area contributed by atoms with Crippen LogP contribution in [0.5, 0.6) is 17.2 Å². The summed E-state index contributed by atoms with van der Waals surface area (Å²) in [6.07, 6.45) is -1.99. The van der Waals surface area contributed by atoms with Crippen molar-refractivity contribution in [1.82, 2.24) is 4.31 Å². The molecule has 0 fully saturated rings. The van der Waals surface area contributed by atoms with Crippen molar-refractivity contribution in [3.05, 3.63) is 83.7 Å². The molecule has 0 saturated carbocycles. The maximum atomic E-state index is 14.9. The highest BCUT2D eigenvalue weighted by atomic mass is 32.2. The summed E-state index contributed by atoms with van der Waals surface area (Å²) in [5, 5.41) is 0. The Morgan fingerprint density at radius 2 is 1.78 bits per heavy atom. The zero-order valence-corrected chi connectivity index (χ0v) is 20.2. The molecule has 0 aromatic heterocycles. The number of ether oxygens (including phenoxy) is 4. The smallest absolute Gasteiger partial charge is 0.406 e. The van der Waals surface area contributed by atoms with Crippen LogP contribution in [0.15, 0.2) is 71.6 Å². The minimum absolute atomic E-state index is 0.0238. The third kappa shape index (κ3) is 5.59. The number of carbonyl (C=O) groups is 1. The highest BCUT2D eigenvalue weighted by Gasteiger charge is 2.39. The first kappa shape index (κ1) is 25.4. The zero-order chi connectivity index (χ0) is 25.7. The van der Waals surface area contributed by atoms with Gasteiger partial charge < -0.3 is 24.7 Å².